The number of nitrogens with one attached hydrogen (secondary N) is 1. The van der Waals surface area contributed by atoms with Crippen molar-refractivity contribution in [2.24, 2.45) is 0 Å². The number of ketones is 1. The minimum absolute atomic E-state index is 0.183. The molecule has 1 heterocycles. The first-order valence-corrected chi connectivity index (χ1v) is 5.16. The van der Waals surface area contributed by atoms with E-state index in [1.165, 1.54) is 0 Å². The van der Waals surface area contributed by atoms with E-state index in [4.69, 9.17) is 4.74 Å². The molecule has 0 aromatic heterocycles. The minimum atomic E-state index is 0.183. The van der Waals surface area contributed by atoms with Crippen LogP contribution in [0.1, 0.15) is 16.8 Å². The smallest absolute Gasteiger partial charge is 0.166 e. The Kier molecular flexibility index (Phi) is 2.46. The van der Waals surface area contributed by atoms with Gasteiger partial charge in [0.05, 0.1) is 11.6 Å². The van der Waals surface area contributed by atoms with Crippen molar-refractivity contribution in [3.05, 3.63) is 22.2 Å². The summed E-state index contributed by atoms with van der Waals surface area (Å²) in [5, 5.41) is 3.17. The molecule has 4 heteroatoms. The normalized spacial score (nSPS) is 14.6. The quantitative estimate of drug-likeness (QED) is 0.838. The van der Waals surface area contributed by atoms with E-state index in [0.29, 0.717) is 13.0 Å². The zero-order valence-corrected chi connectivity index (χ0v) is 9.35. The molecule has 0 unspecified atom stereocenters. The molecule has 0 amide bonds. The van der Waals surface area contributed by atoms with E-state index in [1.54, 1.807) is 7.11 Å². The van der Waals surface area contributed by atoms with Gasteiger partial charge in [-0.25, -0.2) is 0 Å². The van der Waals surface area contributed by atoms with Crippen LogP contribution in [0.4, 0.5) is 5.69 Å². The Balaban J connectivity index is 2.54. The van der Waals surface area contributed by atoms with Gasteiger partial charge in [-0.15, -0.1) is 0 Å². The summed E-state index contributed by atoms with van der Waals surface area (Å²) in [6.45, 7) is 0.705. The van der Waals surface area contributed by atoms with Crippen LogP contribution in [0.2, 0.25) is 0 Å². The van der Waals surface area contributed by atoms with E-state index in [-0.39, 0.29) is 5.78 Å². The van der Waals surface area contributed by atoms with Crippen LogP contribution in [0, 0.1) is 0 Å². The first-order chi connectivity index (χ1) is 6.72. The number of anilines is 1. The largest absolute Gasteiger partial charge is 0.495 e. The fraction of sp³-hybridized carbons (Fsp3) is 0.300. The van der Waals surface area contributed by atoms with Crippen molar-refractivity contribution >= 4 is 27.4 Å². The standard InChI is InChI=1S/C10H10BrNO2/c1-14-10-5-8-6(4-7(10)11)9(13)2-3-12-8/h4-5,12H,2-3H2,1H3. The summed E-state index contributed by atoms with van der Waals surface area (Å²) in [6.07, 6.45) is 0.561. The number of carbonyl (C=O) groups is 1. The zero-order valence-electron chi connectivity index (χ0n) is 7.76. The molecule has 3 nitrogen and oxygen atoms in total. The predicted octanol–water partition coefficient (Wildman–Crippen LogP) is 2.46. The van der Waals surface area contributed by atoms with Crippen molar-refractivity contribution in [2.45, 2.75) is 6.42 Å². The second-order valence-electron chi connectivity index (χ2n) is 3.13. The summed E-state index contributed by atoms with van der Waals surface area (Å²) in [5.41, 5.74) is 1.60. The van der Waals surface area contributed by atoms with Gasteiger partial charge in [0.25, 0.3) is 0 Å². The van der Waals surface area contributed by atoms with Gasteiger partial charge in [-0.1, -0.05) is 0 Å². The van der Waals surface area contributed by atoms with Gasteiger partial charge in [0.1, 0.15) is 5.75 Å². The zero-order chi connectivity index (χ0) is 10.1. The SMILES string of the molecule is COc1cc2c(cc1Br)C(=O)CCN2. The van der Waals surface area contributed by atoms with E-state index in [2.05, 4.69) is 21.2 Å². The Morgan fingerprint density at radius 1 is 1.50 bits per heavy atom. The highest BCUT2D eigenvalue weighted by Gasteiger charge is 2.18. The van der Waals surface area contributed by atoms with Crippen LogP contribution < -0.4 is 10.1 Å². The van der Waals surface area contributed by atoms with Crippen molar-refractivity contribution in [2.75, 3.05) is 19.0 Å². The molecule has 1 aromatic rings. The van der Waals surface area contributed by atoms with Gasteiger partial charge in [0.2, 0.25) is 0 Å². The lowest BCUT2D eigenvalue weighted by molar-refractivity contribution is 0.0983. The van der Waals surface area contributed by atoms with Crippen LogP contribution in [-0.2, 0) is 0 Å². The van der Waals surface area contributed by atoms with E-state index in [9.17, 15) is 4.79 Å². The van der Waals surface area contributed by atoms with Crippen LogP contribution in [0.5, 0.6) is 5.75 Å². The van der Waals surface area contributed by atoms with Crippen molar-refractivity contribution in [3.8, 4) is 5.75 Å². The number of hydrogen-bond acceptors (Lipinski definition) is 3. The molecule has 1 aliphatic rings. The Morgan fingerprint density at radius 3 is 3.00 bits per heavy atom. The first-order valence-electron chi connectivity index (χ1n) is 4.37. The number of rotatable bonds is 1. The summed E-state index contributed by atoms with van der Waals surface area (Å²) < 4.78 is 5.96. The van der Waals surface area contributed by atoms with Gasteiger partial charge in [0.15, 0.2) is 5.78 Å². The number of ether oxygens (including phenoxy) is 1. The Labute approximate surface area is 90.6 Å². The van der Waals surface area contributed by atoms with Gasteiger partial charge in [0, 0.05) is 30.3 Å². The van der Waals surface area contributed by atoms with E-state index < -0.39 is 0 Å². The molecule has 1 aliphatic heterocycles. The van der Waals surface area contributed by atoms with Gasteiger partial charge in [-0.3, -0.25) is 4.79 Å². The molecule has 0 spiro atoms. The molecule has 14 heavy (non-hydrogen) atoms. The molecular formula is C10H10BrNO2. The molecule has 0 saturated carbocycles. The minimum Gasteiger partial charge on any atom is -0.495 e. The highest BCUT2D eigenvalue weighted by molar-refractivity contribution is 9.10. The van der Waals surface area contributed by atoms with E-state index in [0.717, 1.165) is 21.5 Å². The summed E-state index contributed by atoms with van der Waals surface area (Å²) in [5.74, 6) is 0.924. The summed E-state index contributed by atoms with van der Waals surface area (Å²) in [7, 11) is 1.61. The van der Waals surface area contributed by atoms with Crippen LogP contribution in [-0.4, -0.2) is 19.4 Å². The van der Waals surface area contributed by atoms with Crippen molar-refractivity contribution in [3.63, 3.8) is 0 Å². The lowest BCUT2D eigenvalue weighted by Gasteiger charge is -2.18. The highest BCUT2D eigenvalue weighted by atomic mass is 79.9. The molecule has 1 N–H and O–H groups in total. The lowest BCUT2D eigenvalue weighted by atomic mass is 10.0. The highest BCUT2D eigenvalue weighted by Crippen LogP contribution is 2.33. The molecule has 0 aliphatic carbocycles. The molecule has 0 radical (unpaired) electrons. The number of carbonyl (C=O) groups excluding carboxylic acids is 1. The number of fused-ring (bicyclic) bond motifs is 1. The average Bonchev–Trinajstić information content (AvgIpc) is 2.19. The summed E-state index contributed by atoms with van der Waals surface area (Å²) in [6, 6.07) is 3.65. The maximum Gasteiger partial charge on any atom is 0.166 e. The maximum atomic E-state index is 11.5. The Morgan fingerprint density at radius 2 is 2.29 bits per heavy atom. The Bertz CT molecular complexity index is 390. The number of methoxy groups -OCH3 is 1. The van der Waals surface area contributed by atoms with Crippen LogP contribution in [0.15, 0.2) is 16.6 Å². The average molecular weight is 256 g/mol. The van der Waals surface area contributed by atoms with Gasteiger partial charge in [-0.05, 0) is 22.0 Å². The molecule has 0 bridgehead atoms. The van der Waals surface area contributed by atoms with Crippen molar-refractivity contribution < 1.29 is 9.53 Å². The third-order valence-electron chi connectivity index (χ3n) is 2.26. The summed E-state index contributed by atoms with van der Waals surface area (Å²) >= 11 is 3.36. The first kappa shape index (κ1) is 9.52. The third-order valence-corrected chi connectivity index (χ3v) is 2.88. The molecule has 1 aromatic carbocycles. The van der Waals surface area contributed by atoms with Crippen LogP contribution >= 0.6 is 15.9 Å². The van der Waals surface area contributed by atoms with E-state index >= 15 is 0 Å². The van der Waals surface area contributed by atoms with Gasteiger partial charge in [-0.2, -0.15) is 0 Å². The predicted molar refractivity (Wildman–Crippen MR) is 58.1 cm³/mol. The van der Waals surface area contributed by atoms with Gasteiger partial charge < -0.3 is 10.1 Å². The van der Waals surface area contributed by atoms with Crippen LogP contribution in [0.25, 0.3) is 0 Å². The second-order valence-corrected chi connectivity index (χ2v) is 3.99. The van der Waals surface area contributed by atoms with E-state index in [1.807, 2.05) is 12.1 Å². The fourth-order valence-corrected chi connectivity index (χ4v) is 2.04. The molecule has 0 fully saturated rings. The van der Waals surface area contributed by atoms with Crippen molar-refractivity contribution in [1.29, 1.82) is 0 Å². The molecular weight excluding hydrogens is 246 g/mol. The number of halogens is 1. The molecule has 0 saturated heterocycles. The number of hydrogen-bond donors (Lipinski definition) is 1. The monoisotopic (exact) mass is 255 g/mol. The fourth-order valence-electron chi connectivity index (χ4n) is 1.53. The topological polar surface area (TPSA) is 38.3 Å². The van der Waals surface area contributed by atoms with Crippen LogP contribution in [0.3, 0.4) is 0 Å². The summed E-state index contributed by atoms with van der Waals surface area (Å²) in [4.78, 5) is 11.5. The molecule has 74 valence electrons. The lowest BCUT2D eigenvalue weighted by Crippen LogP contribution is -2.17. The second kappa shape index (κ2) is 3.61. The van der Waals surface area contributed by atoms with Gasteiger partial charge >= 0.3 is 0 Å². The number of Topliss-reactive ketones (excluding diaryl/α,β-unsaturated/α-hetero) is 1. The number of benzene rings is 1. The molecule has 0 atom stereocenters. The Hall–Kier alpha value is -1.03. The third kappa shape index (κ3) is 1.50. The maximum absolute atomic E-state index is 11.5. The van der Waals surface area contributed by atoms with Crippen molar-refractivity contribution in [1.82, 2.24) is 0 Å². The molecule has 2 rings (SSSR count).